The van der Waals surface area contributed by atoms with Crippen molar-refractivity contribution in [2.75, 3.05) is 19.6 Å². The van der Waals surface area contributed by atoms with Gasteiger partial charge in [-0.1, -0.05) is 42.5 Å². The van der Waals surface area contributed by atoms with Crippen LogP contribution in [-0.2, 0) is 0 Å². The van der Waals surface area contributed by atoms with Gasteiger partial charge in [0.1, 0.15) is 0 Å². The molecule has 2 heterocycles. The van der Waals surface area contributed by atoms with E-state index in [4.69, 9.17) is 4.98 Å². The molecule has 3 aromatic rings. The molecule has 1 N–H and O–H groups in total. The van der Waals surface area contributed by atoms with Crippen molar-refractivity contribution in [3.05, 3.63) is 76.5 Å². The van der Waals surface area contributed by atoms with E-state index in [1.165, 1.54) is 11.1 Å². The number of piperazine rings is 1. The second-order valence-electron chi connectivity index (χ2n) is 7.38. The average molecular weight is 359 g/mol. The first kappa shape index (κ1) is 17.7. The number of hydrogen-bond donors (Lipinski definition) is 1. The Morgan fingerprint density at radius 2 is 1.89 bits per heavy atom. The summed E-state index contributed by atoms with van der Waals surface area (Å²) in [5.41, 5.74) is 6.15. The van der Waals surface area contributed by atoms with Crippen LogP contribution in [0.25, 0.3) is 10.9 Å². The summed E-state index contributed by atoms with van der Waals surface area (Å²) in [7, 11) is 0. The Bertz CT molecular complexity index is 997. The van der Waals surface area contributed by atoms with Crippen molar-refractivity contribution in [2.45, 2.75) is 26.8 Å². The number of amides is 1. The summed E-state index contributed by atoms with van der Waals surface area (Å²) in [5.74, 6) is 0.0937. The fourth-order valence-electron chi connectivity index (χ4n) is 3.85. The molecule has 0 bridgehead atoms. The summed E-state index contributed by atoms with van der Waals surface area (Å²) in [6.45, 7) is 8.32. The highest BCUT2D eigenvalue weighted by Gasteiger charge is 2.26. The summed E-state index contributed by atoms with van der Waals surface area (Å²) < 4.78 is 0. The van der Waals surface area contributed by atoms with Crippen molar-refractivity contribution in [1.29, 1.82) is 0 Å². The Labute approximate surface area is 160 Å². The lowest BCUT2D eigenvalue weighted by molar-refractivity contribution is 0.0705. The van der Waals surface area contributed by atoms with Gasteiger partial charge in [-0.15, -0.1) is 0 Å². The maximum absolute atomic E-state index is 13.4. The lowest BCUT2D eigenvalue weighted by Crippen LogP contribution is -2.48. The number of aryl methyl sites for hydroxylation is 3. The van der Waals surface area contributed by atoms with Gasteiger partial charge in [-0.25, -0.2) is 0 Å². The first-order chi connectivity index (χ1) is 13.0. The highest BCUT2D eigenvalue weighted by atomic mass is 16.2. The summed E-state index contributed by atoms with van der Waals surface area (Å²) in [6.07, 6.45) is 0. The van der Waals surface area contributed by atoms with Gasteiger partial charge in [0.15, 0.2) is 0 Å². The van der Waals surface area contributed by atoms with Gasteiger partial charge < -0.3 is 10.2 Å². The predicted molar refractivity (Wildman–Crippen MR) is 109 cm³/mol. The third kappa shape index (κ3) is 3.33. The molecule has 138 valence electrons. The zero-order valence-corrected chi connectivity index (χ0v) is 16.1. The molecule has 27 heavy (non-hydrogen) atoms. The smallest absolute Gasteiger partial charge is 0.254 e. The topological polar surface area (TPSA) is 45.2 Å². The molecule has 1 amide bonds. The molecule has 4 nitrogen and oxygen atoms in total. The van der Waals surface area contributed by atoms with Crippen LogP contribution in [0, 0.1) is 20.8 Å². The van der Waals surface area contributed by atoms with E-state index < -0.39 is 0 Å². The third-order valence-corrected chi connectivity index (χ3v) is 5.53. The van der Waals surface area contributed by atoms with Gasteiger partial charge in [-0.2, -0.15) is 0 Å². The zero-order chi connectivity index (χ0) is 19.0. The van der Waals surface area contributed by atoms with Crippen LogP contribution >= 0.6 is 0 Å². The van der Waals surface area contributed by atoms with Crippen molar-refractivity contribution in [2.24, 2.45) is 0 Å². The molecule has 1 atom stereocenters. The summed E-state index contributed by atoms with van der Waals surface area (Å²) in [4.78, 5) is 20.1. The molecule has 0 saturated carbocycles. The van der Waals surface area contributed by atoms with Crippen LogP contribution in [0.15, 0.2) is 48.5 Å². The Kier molecular flexibility index (Phi) is 4.66. The number of pyridine rings is 1. The number of carbonyl (C=O) groups is 1. The van der Waals surface area contributed by atoms with Gasteiger partial charge >= 0.3 is 0 Å². The minimum absolute atomic E-state index is 0.0937. The lowest BCUT2D eigenvalue weighted by Gasteiger charge is -2.34. The van der Waals surface area contributed by atoms with Crippen molar-refractivity contribution in [3.63, 3.8) is 0 Å². The van der Waals surface area contributed by atoms with Crippen LogP contribution in [-0.4, -0.2) is 35.4 Å². The van der Waals surface area contributed by atoms with Gasteiger partial charge in [0.2, 0.25) is 0 Å². The fourth-order valence-corrected chi connectivity index (χ4v) is 3.85. The fraction of sp³-hybridized carbons (Fsp3) is 0.304. The quantitative estimate of drug-likeness (QED) is 0.754. The average Bonchev–Trinajstić information content (AvgIpc) is 2.71. The monoisotopic (exact) mass is 359 g/mol. The Morgan fingerprint density at radius 1 is 1.11 bits per heavy atom. The number of nitrogens with one attached hydrogen (secondary N) is 1. The van der Waals surface area contributed by atoms with Crippen molar-refractivity contribution >= 4 is 16.8 Å². The molecule has 1 aliphatic rings. The van der Waals surface area contributed by atoms with E-state index in [-0.39, 0.29) is 11.9 Å². The number of rotatable bonds is 2. The number of carbonyl (C=O) groups excluding carboxylic acids is 1. The SMILES string of the molecule is Cc1cc(C(=O)N2CCNC(c3ccccc3)C2)c2ccc(C)c(C)c2n1. The largest absolute Gasteiger partial charge is 0.335 e. The molecule has 1 saturated heterocycles. The minimum Gasteiger partial charge on any atom is -0.335 e. The number of fused-ring (bicyclic) bond motifs is 1. The Balaban J connectivity index is 1.69. The summed E-state index contributed by atoms with van der Waals surface area (Å²) in [6, 6.07) is 16.6. The zero-order valence-electron chi connectivity index (χ0n) is 16.1. The van der Waals surface area contributed by atoms with Crippen LogP contribution in [0.2, 0.25) is 0 Å². The highest BCUT2D eigenvalue weighted by molar-refractivity contribution is 6.07. The molecule has 1 unspecified atom stereocenters. The molecular formula is C23H25N3O. The third-order valence-electron chi connectivity index (χ3n) is 5.53. The number of hydrogen-bond acceptors (Lipinski definition) is 3. The molecule has 0 spiro atoms. The van der Waals surface area contributed by atoms with Gasteiger partial charge in [0, 0.05) is 36.8 Å². The van der Waals surface area contributed by atoms with Gasteiger partial charge in [0.05, 0.1) is 11.1 Å². The van der Waals surface area contributed by atoms with E-state index in [0.717, 1.165) is 40.8 Å². The van der Waals surface area contributed by atoms with E-state index in [9.17, 15) is 4.79 Å². The maximum Gasteiger partial charge on any atom is 0.254 e. The normalized spacial score (nSPS) is 17.3. The molecule has 1 aromatic heterocycles. The lowest BCUT2D eigenvalue weighted by atomic mass is 9.99. The van der Waals surface area contributed by atoms with E-state index in [1.807, 2.05) is 42.2 Å². The molecule has 4 rings (SSSR count). The van der Waals surface area contributed by atoms with Crippen LogP contribution in [0.1, 0.15) is 38.8 Å². The van der Waals surface area contributed by atoms with E-state index >= 15 is 0 Å². The molecule has 1 aliphatic heterocycles. The Hall–Kier alpha value is -2.72. The van der Waals surface area contributed by atoms with E-state index in [1.54, 1.807) is 0 Å². The summed E-state index contributed by atoms with van der Waals surface area (Å²) in [5, 5.41) is 4.48. The maximum atomic E-state index is 13.4. The van der Waals surface area contributed by atoms with Crippen molar-refractivity contribution in [3.8, 4) is 0 Å². The number of nitrogens with zero attached hydrogens (tertiary/aromatic N) is 2. The standard InChI is InChI=1S/C23H25N3O/c1-15-9-10-19-20(13-16(2)25-22(19)17(15)3)23(27)26-12-11-24-21(14-26)18-7-5-4-6-8-18/h4-10,13,21,24H,11-12,14H2,1-3H3. The van der Waals surface area contributed by atoms with Gasteiger partial charge in [0.25, 0.3) is 5.91 Å². The van der Waals surface area contributed by atoms with Crippen molar-refractivity contribution < 1.29 is 4.79 Å². The number of benzene rings is 2. The Morgan fingerprint density at radius 3 is 2.67 bits per heavy atom. The minimum atomic E-state index is 0.0937. The van der Waals surface area contributed by atoms with E-state index in [2.05, 4.69) is 37.4 Å². The first-order valence-corrected chi connectivity index (χ1v) is 9.50. The summed E-state index contributed by atoms with van der Waals surface area (Å²) >= 11 is 0. The molecule has 4 heteroatoms. The molecule has 2 aromatic carbocycles. The molecule has 0 radical (unpaired) electrons. The van der Waals surface area contributed by atoms with Crippen LogP contribution < -0.4 is 5.32 Å². The second-order valence-corrected chi connectivity index (χ2v) is 7.38. The second kappa shape index (κ2) is 7.12. The van der Waals surface area contributed by atoms with Gasteiger partial charge in [-0.05, 0) is 43.5 Å². The number of aromatic nitrogens is 1. The predicted octanol–water partition coefficient (Wildman–Crippen LogP) is 3.95. The molecule has 1 fully saturated rings. The van der Waals surface area contributed by atoms with Crippen molar-refractivity contribution in [1.82, 2.24) is 15.2 Å². The van der Waals surface area contributed by atoms with Crippen LogP contribution in [0.3, 0.4) is 0 Å². The highest BCUT2D eigenvalue weighted by Crippen LogP contribution is 2.26. The molecule has 0 aliphatic carbocycles. The molecular weight excluding hydrogens is 334 g/mol. The first-order valence-electron chi connectivity index (χ1n) is 9.50. The van der Waals surface area contributed by atoms with Gasteiger partial charge in [-0.3, -0.25) is 9.78 Å². The van der Waals surface area contributed by atoms with Crippen LogP contribution in [0.4, 0.5) is 0 Å². The van der Waals surface area contributed by atoms with Crippen LogP contribution in [0.5, 0.6) is 0 Å². The van der Waals surface area contributed by atoms with E-state index in [0.29, 0.717) is 6.54 Å².